The van der Waals surface area contributed by atoms with Gasteiger partial charge in [-0.15, -0.1) is 0 Å². The third-order valence-corrected chi connectivity index (χ3v) is 1.96. The molecule has 0 unspecified atom stereocenters. The molecule has 0 fully saturated rings. The Morgan fingerprint density at radius 1 is 1.79 bits per heavy atom. The molecular weight excluding hydrogens is 198 g/mol. The van der Waals surface area contributed by atoms with Gasteiger partial charge in [0.2, 0.25) is 0 Å². The molecule has 1 aromatic heterocycles. The van der Waals surface area contributed by atoms with E-state index in [-0.39, 0.29) is 0 Å². The fraction of sp³-hybridized carbons (Fsp3) is 0.500. The van der Waals surface area contributed by atoms with Crippen molar-refractivity contribution in [3.63, 3.8) is 0 Å². The van der Waals surface area contributed by atoms with E-state index in [0.29, 0.717) is 24.8 Å². The summed E-state index contributed by atoms with van der Waals surface area (Å²) in [6.07, 6.45) is 1.66. The Kier molecular flexibility index (Phi) is 4.31. The van der Waals surface area contributed by atoms with E-state index in [1.165, 1.54) is 0 Å². The van der Waals surface area contributed by atoms with Crippen LogP contribution in [0.5, 0.6) is 0 Å². The number of aliphatic imine (C=N–C) groups is 1. The van der Waals surface area contributed by atoms with Gasteiger partial charge in [0, 0.05) is 5.75 Å². The average molecular weight is 213 g/mol. The van der Waals surface area contributed by atoms with E-state index < -0.39 is 0 Å². The van der Waals surface area contributed by atoms with Gasteiger partial charge in [-0.2, -0.15) is 12.6 Å². The van der Waals surface area contributed by atoms with Crippen LogP contribution in [0.25, 0.3) is 0 Å². The first kappa shape index (κ1) is 10.9. The summed E-state index contributed by atoms with van der Waals surface area (Å²) >= 11 is 4.03. The van der Waals surface area contributed by atoms with Crippen LogP contribution in [-0.4, -0.2) is 28.2 Å². The highest BCUT2D eigenvalue weighted by atomic mass is 32.1. The standard InChI is InChI=1S/C8H15N5S/c1-6-7(13-5-12-6)4-11-8(9)10-2-3-14/h5,14H,2-4H2,1H3,(H,12,13)(H3,9,10,11). The molecule has 1 aromatic rings. The number of aromatic amines is 1. The Morgan fingerprint density at radius 3 is 3.14 bits per heavy atom. The first-order chi connectivity index (χ1) is 6.74. The van der Waals surface area contributed by atoms with Crippen LogP contribution in [0.15, 0.2) is 11.3 Å². The van der Waals surface area contributed by atoms with E-state index in [4.69, 9.17) is 5.73 Å². The third-order valence-electron chi connectivity index (χ3n) is 1.76. The summed E-state index contributed by atoms with van der Waals surface area (Å²) in [4.78, 5) is 11.1. The number of hydrogen-bond acceptors (Lipinski definition) is 3. The largest absolute Gasteiger partial charge is 0.370 e. The predicted molar refractivity (Wildman–Crippen MR) is 60.5 cm³/mol. The van der Waals surface area contributed by atoms with Crippen LogP contribution < -0.4 is 11.1 Å². The van der Waals surface area contributed by atoms with Crippen LogP contribution in [0.3, 0.4) is 0 Å². The Hall–Kier alpha value is -1.17. The zero-order valence-electron chi connectivity index (χ0n) is 8.12. The van der Waals surface area contributed by atoms with Crippen LogP contribution in [-0.2, 0) is 6.54 Å². The van der Waals surface area contributed by atoms with Crippen molar-refractivity contribution >= 4 is 18.6 Å². The zero-order chi connectivity index (χ0) is 10.4. The maximum Gasteiger partial charge on any atom is 0.188 e. The fourth-order valence-electron chi connectivity index (χ4n) is 0.974. The number of imidazole rings is 1. The Labute approximate surface area is 88.6 Å². The van der Waals surface area contributed by atoms with Crippen LogP contribution in [0.4, 0.5) is 0 Å². The number of aryl methyl sites for hydroxylation is 1. The number of thiol groups is 1. The van der Waals surface area contributed by atoms with Crippen LogP contribution in [0.2, 0.25) is 0 Å². The molecule has 1 heterocycles. The summed E-state index contributed by atoms with van der Waals surface area (Å²) in [5.41, 5.74) is 7.59. The molecule has 6 heteroatoms. The second-order valence-electron chi connectivity index (χ2n) is 2.81. The van der Waals surface area contributed by atoms with Crippen LogP contribution in [0, 0.1) is 6.92 Å². The van der Waals surface area contributed by atoms with Crippen molar-refractivity contribution < 1.29 is 0 Å². The van der Waals surface area contributed by atoms with Gasteiger partial charge in [-0.25, -0.2) is 4.98 Å². The maximum atomic E-state index is 5.60. The summed E-state index contributed by atoms with van der Waals surface area (Å²) in [6, 6.07) is 0. The second-order valence-corrected chi connectivity index (χ2v) is 3.26. The quantitative estimate of drug-likeness (QED) is 0.324. The number of rotatable bonds is 4. The highest BCUT2D eigenvalue weighted by Crippen LogP contribution is 1.98. The minimum Gasteiger partial charge on any atom is -0.370 e. The van der Waals surface area contributed by atoms with Crippen molar-refractivity contribution in [3.05, 3.63) is 17.7 Å². The Balaban J connectivity index is 2.37. The number of nitrogens with two attached hydrogens (primary N) is 1. The van der Waals surface area contributed by atoms with E-state index in [1.54, 1.807) is 6.33 Å². The smallest absolute Gasteiger partial charge is 0.188 e. The molecule has 0 aliphatic rings. The molecule has 0 amide bonds. The lowest BCUT2D eigenvalue weighted by Crippen LogP contribution is -2.31. The van der Waals surface area contributed by atoms with E-state index in [9.17, 15) is 0 Å². The molecule has 0 spiro atoms. The topological polar surface area (TPSA) is 79.1 Å². The molecular formula is C8H15N5S. The summed E-state index contributed by atoms with van der Waals surface area (Å²) in [7, 11) is 0. The van der Waals surface area contributed by atoms with Crippen LogP contribution >= 0.6 is 12.6 Å². The normalized spacial score (nSPS) is 11.7. The van der Waals surface area contributed by atoms with E-state index >= 15 is 0 Å². The summed E-state index contributed by atoms with van der Waals surface area (Å²) in [5, 5.41) is 2.98. The first-order valence-electron chi connectivity index (χ1n) is 4.37. The van der Waals surface area contributed by atoms with E-state index in [2.05, 4.69) is 32.9 Å². The number of nitrogens with one attached hydrogen (secondary N) is 2. The molecule has 78 valence electrons. The van der Waals surface area contributed by atoms with Gasteiger partial charge in [-0.1, -0.05) is 0 Å². The number of aromatic nitrogens is 2. The molecule has 0 aliphatic heterocycles. The highest BCUT2D eigenvalue weighted by molar-refractivity contribution is 7.80. The lowest BCUT2D eigenvalue weighted by atomic mass is 10.3. The number of hydrogen-bond donors (Lipinski definition) is 4. The van der Waals surface area contributed by atoms with Gasteiger partial charge >= 0.3 is 0 Å². The van der Waals surface area contributed by atoms with Crippen molar-refractivity contribution in [3.8, 4) is 0 Å². The number of guanidine groups is 1. The molecule has 0 aliphatic carbocycles. The van der Waals surface area contributed by atoms with Gasteiger partial charge in [-0.05, 0) is 6.92 Å². The zero-order valence-corrected chi connectivity index (χ0v) is 9.01. The van der Waals surface area contributed by atoms with Crippen molar-refractivity contribution in [2.45, 2.75) is 13.5 Å². The molecule has 0 radical (unpaired) electrons. The predicted octanol–water partition coefficient (Wildman–Crippen LogP) is 0.0522. The lowest BCUT2D eigenvalue weighted by molar-refractivity contribution is 0.857. The molecule has 0 atom stereocenters. The summed E-state index contributed by atoms with van der Waals surface area (Å²) in [6.45, 7) is 3.19. The maximum absolute atomic E-state index is 5.60. The molecule has 4 N–H and O–H groups in total. The van der Waals surface area contributed by atoms with Gasteiger partial charge in [0.05, 0.1) is 30.8 Å². The number of nitrogens with zero attached hydrogens (tertiary/aromatic N) is 2. The minimum absolute atomic E-state index is 0.438. The Morgan fingerprint density at radius 2 is 2.57 bits per heavy atom. The second kappa shape index (κ2) is 5.54. The average Bonchev–Trinajstić information content (AvgIpc) is 2.58. The SMILES string of the molecule is Cc1nc[nH]c1CNC(N)=NCCS. The molecule has 0 bridgehead atoms. The fourth-order valence-corrected chi connectivity index (χ4v) is 1.07. The van der Waals surface area contributed by atoms with Crippen molar-refractivity contribution in [2.75, 3.05) is 12.3 Å². The summed E-state index contributed by atoms with van der Waals surface area (Å²) in [5.74, 6) is 1.14. The van der Waals surface area contributed by atoms with Gasteiger partial charge in [0.1, 0.15) is 0 Å². The van der Waals surface area contributed by atoms with Crippen molar-refractivity contribution in [1.29, 1.82) is 0 Å². The Bertz CT molecular complexity index is 306. The molecule has 0 aromatic carbocycles. The highest BCUT2D eigenvalue weighted by Gasteiger charge is 1.99. The molecule has 0 saturated carbocycles. The third kappa shape index (κ3) is 3.29. The molecule has 0 saturated heterocycles. The van der Waals surface area contributed by atoms with Crippen LogP contribution in [0.1, 0.15) is 11.4 Å². The van der Waals surface area contributed by atoms with Gasteiger partial charge < -0.3 is 16.0 Å². The van der Waals surface area contributed by atoms with Gasteiger partial charge in [0.25, 0.3) is 0 Å². The van der Waals surface area contributed by atoms with Gasteiger partial charge in [0.15, 0.2) is 5.96 Å². The lowest BCUT2D eigenvalue weighted by Gasteiger charge is -2.03. The molecule has 14 heavy (non-hydrogen) atoms. The number of H-pyrrole nitrogens is 1. The van der Waals surface area contributed by atoms with E-state index in [0.717, 1.165) is 11.4 Å². The van der Waals surface area contributed by atoms with Crippen molar-refractivity contribution in [2.24, 2.45) is 10.7 Å². The summed E-state index contributed by atoms with van der Waals surface area (Å²) < 4.78 is 0. The first-order valence-corrected chi connectivity index (χ1v) is 5.00. The monoisotopic (exact) mass is 213 g/mol. The minimum atomic E-state index is 0.438. The van der Waals surface area contributed by atoms with Crippen molar-refractivity contribution in [1.82, 2.24) is 15.3 Å². The van der Waals surface area contributed by atoms with Gasteiger partial charge in [-0.3, -0.25) is 4.99 Å². The molecule has 1 rings (SSSR count). The van der Waals surface area contributed by atoms with E-state index in [1.807, 2.05) is 6.92 Å². The molecule has 5 nitrogen and oxygen atoms in total.